The summed E-state index contributed by atoms with van der Waals surface area (Å²) >= 11 is 1.49. The van der Waals surface area contributed by atoms with Crippen molar-refractivity contribution in [3.8, 4) is 5.75 Å². The number of rotatable bonds is 5. The average Bonchev–Trinajstić information content (AvgIpc) is 3.31. The number of amides is 1. The lowest BCUT2D eigenvalue weighted by molar-refractivity contribution is -0.127. The van der Waals surface area contributed by atoms with Gasteiger partial charge in [-0.1, -0.05) is 67.6 Å². The van der Waals surface area contributed by atoms with Gasteiger partial charge in [-0.3, -0.25) is 4.79 Å². The molecule has 0 spiro atoms. The number of ether oxygens (including phenoxy) is 1. The van der Waals surface area contributed by atoms with Crippen LogP contribution in [0.1, 0.15) is 59.7 Å². The molecule has 35 heavy (non-hydrogen) atoms. The molecule has 0 fully saturated rings. The highest BCUT2D eigenvalue weighted by atomic mass is 32.1. The SMILES string of the molecule is COc1ccc(Cc2csc(NC(=O)C3(C)CC4(C)c5ccccc5C3c3ccccc34)n2)cc1. The molecule has 3 aliphatic rings. The zero-order valence-corrected chi connectivity index (χ0v) is 21.0. The fourth-order valence-corrected chi connectivity index (χ4v) is 7.08. The van der Waals surface area contributed by atoms with E-state index in [-0.39, 0.29) is 17.2 Å². The Morgan fingerprint density at radius 2 is 1.63 bits per heavy atom. The van der Waals surface area contributed by atoms with Crippen molar-refractivity contribution >= 4 is 22.4 Å². The number of hydrogen-bond acceptors (Lipinski definition) is 4. The van der Waals surface area contributed by atoms with E-state index in [4.69, 9.17) is 9.72 Å². The van der Waals surface area contributed by atoms with Crippen LogP contribution in [0.25, 0.3) is 0 Å². The highest BCUT2D eigenvalue weighted by Gasteiger charge is 2.58. The molecule has 7 rings (SSSR count). The van der Waals surface area contributed by atoms with Crippen molar-refractivity contribution in [3.05, 3.63) is 112 Å². The maximum Gasteiger partial charge on any atom is 0.233 e. The summed E-state index contributed by atoms with van der Waals surface area (Å²) in [6, 6.07) is 25.3. The largest absolute Gasteiger partial charge is 0.497 e. The highest BCUT2D eigenvalue weighted by Crippen LogP contribution is 2.63. The van der Waals surface area contributed by atoms with E-state index < -0.39 is 5.41 Å². The smallest absolute Gasteiger partial charge is 0.233 e. The summed E-state index contributed by atoms with van der Waals surface area (Å²) in [7, 11) is 1.67. The molecule has 1 amide bonds. The molecule has 0 saturated heterocycles. The third-order valence-electron chi connectivity index (χ3n) is 7.93. The molecular weight excluding hydrogens is 452 g/mol. The molecule has 0 saturated carbocycles. The third-order valence-corrected chi connectivity index (χ3v) is 8.73. The number of hydrogen-bond donors (Lipinski definition) is 1. The second kappa shape index (κ2) is 8.06. The van der Waals surface area contributed by atoms with Crippen LogP contribution in [-0.2, 0) is 16.6 Å². The first-order valence-electron chi connectivity index (χ1n) is 12.0. The zero-order chi connectivity index (χ0) is 24.2. The van der Waals surface area contributed by atoms with Crippen LogP contribution < -0.4 is 10.1 Å². The molecule has 1 unspecified atom stereocenters. The first-order chi connectivity index (χ1) is 16.9. The monoisotopic (exact) mass is 480 g/mol. The van der Waals surface area contributed by atoms with Crippen LogP contribution in [0.2, 0.25) is 0 Å². The van der Waals surface area contributed by atoms with Crippen LogP contribution in [0, 0.1) is 5.41 Å². The van der Waals surface area contributed by atoms with Crippen LogP contribution in [0.5, 0.6) is 5.75 Å². The Bertz CT molecular complexity index is 1380. The number of anilines is 1. The van der Waals surface area contributed by atoms with Crippen molar-refractivity contribution in [2.45, 2.75) is 38.0 Å². The molecule has 4 aromatic rings. The number of aromatic nitrogens is 1. The van der Waals surface area contributed by atoms with Gasteiger partial charge in [0.25, 0.3) is 0 Å². The number of nitrogens with zero attached hydrogens (tertiary/aromatic N) is 1. The standard InChI is InChI=1S/C30H28N2O2S/c1-29-18-30(2,26(22-8-4-6-10-24(22)29)23-9-5-7-11-25(23)29)27(33)32-28-31-20(17-35-28)16-19-12-14-21(34-3)15-13-19/h4-15,17,26H,16,18H2,1-3H3,(H,31,32,33). The molecule has 1 N–H and O–H groups in total. The van der Waals surface area contributed by atoms with Crippen LogP contribution in [-0.4, -0.2) is 18.0 Å². The quantitative estimate of drug-likeness (QED) is 0.353. The summed E-state index contributed by atoms with van der Waals surface area (Å²) in [4.78, 5) is 18.7. The minimum absolute atomic E-state index is 0.0236. The lowest BCUT2D eigenvalue weighted by Gasteiger charge is -2.55. The van der Waals surface area contributed by atoms with E-state index in [1.165, 1.54) is 33.6 Å². The minimum Gasteiger partial charge on any atom is -0.497 e. The van der Waals surface area contributed by atoms with Gasteiger partial charge in [0.05, 0.1) is 18.2 Å². The summed E-state index contributed by atoms with van der Waals surface area (Å²) in [6.45, 7) is 4.42. The molecule has 4 nitrogen and oxygen atoms in total. The summed E-state index contributed by atoms with van der Waals surface area (Å²) in [5, 5.41) is 5.88. The molecule has 1 aromatic heterocycles. The van der Waals surface area contributed by atoms with Gasteiger partial charge < -0.3 is 10.1 Å². The summed E-state index contributed by atoms with van der Waals surface area (Å²) < 4.78 is 5.25. The number of thiazole rings is 1. The second-order valence-electron chi connectivity index (χ2n) is 10.2. The van der Waals surface area contributed by atoms with E-state index in [0.717, 1.165) is 29.8 Å². The van der Waals surface area contributed by atoms with Crippen molar-refractivity contribution in [1.82, 2.24) is 4.98 Å². The number of nitrogens with one attached hydrogen (secondary N) is 1. The van der Waals surface area contributed by atoms with Gasteiger partial charge in [-0.25, -0.2) is 4.98 Å². The van der Waals surface area contributed by atoms with E-state index in [1.54, 1.807) is 7.11 Å². The van der Waals surface area contributed by atoms with Gasteiger partial charge in [-0.2, -0.15) is 0 Å². The van der Waals surface area contributed by atoms with E-state index in [9.17, 15) is 4.79 Å². The van der Waals surface area contributed by atoms with Crippen LogP contribution in [0.3, 0.4) is 0 Å². The molecule has 2 bridgehead atoms. The van der Waals surface area contributed by atoms with Gasteiger partial charge in [-0.05, 0) is 53.3 Å². The predicted octanol–water partition coefficient (Wildman–Crippen LogP) is 6.54. The van der Waals surface area contributed by atoms with E-state index in [0.29, 0.717) is 5.13 Å². The van der Waals surface area contributed by atoms with E-state index in [1.807, 2.05) is 29.6 Å². The number of carbonyl (C=O) groups is 1. The normalized spacial score (nSPS) is 23.9. The lowest BCUT2D eigenvalue weighted by Crippen LogP contribution is -2.53. The molecule has 1 heterocycles. The first-order valence-corrected chi connectivity index (χ1v) is 12.9. The van der Waals surface area contributed by atoms with Crippen molar-refractivity contribution in [1.29, 1.82) is 0 Å². The van der Waals surface area contributed by atoms with Gasteiger partial charge in [0.1, 0.15) is 5.75 Å². The Balaban J connectivity index is 1.29. The van der Waals surface area contributed by atoms with Gasteiger partial charge in [0.15, 0.2) is 5.13 Å². The molecular formula is C30H28N2O2S. The zero-order valence-electron chi connectivity index (χ0n) is 20.2. The Morgan fingerprint density at radius 3 is 2.26 bits per heavy atom. The number of benzene rings is 3. The Labute approximate surface area is 210 Å². The molecule has 3 aromatic carbocycles. The Kier molecular flexibility index (Phi) is 5.08. The fourth-order valence-electron chi connectivity index (χ4n) is 6.38. The van der Waals surface area contributed by atoms with Gasteiger partial charge in [-0.15, -0.1) is 11.3 Å². The van der Waals surface area contributed by atoms with Crippen LogP contribution in [0.15, 0.2) is 78.2 Å². The van der Waals surface area contributed by atoms with Crippen molar-refractivity contribution < 1.29 is 9.53 Å². The lowest BCUT2D eigenvalue weighted by atomic mass is 9.47. The number of fused-ring (bicyclic) bond motifs is 1. The summed E-state index contributed by atoms with van der Waals surface area (Å²) in [5.74, 6) is 0.908. The molecule has 3 aliphatic carbocycles. The molecule has 0 radical (unpaired) electrons. The Hall–Kier alpha value is -3.44. The molecule has 176 valence electrons. The minimum atomic E-state index is -0.570. The second-order valence-corrected chi connectivity index (χ2v) is 11.0. The Morgan fingerprint density at radius 1 is 1.00 bits per heavy atom. The maximum absolute atomic E-state index is 13.9. The van der Waals surface area contributed by atoms with Crippen LogP contribution >= 0.6 is 11.3 Å². The molecule has 5 heteroatoms. The van der Waals surface area contributed by atoms with Crippen molar-refractivity contribution in [2.75, 3.05) is 12.4 Å². The maximum atomic E-state index is 13.9. The van der Waals surface area contributed by atoms with Gasteiger partial charge >= 0.3 is 0 Å². The van der Waals surface area contributed by atoms with Crippen LogP contribution in [0.4, 0.5) is 5.13 Å². The molecule has 1 atom stereocenters. The van der Waals surface area contributed by atoms with Crippen molar-refractivity contribution in [2.24, 2.45) is 5.41 Å². The molecule has 0 aliphatic heterocycles. The highest BCUT2D eigenvalue weighted by molar-refractivity contribution is 7.13. The summed E-state index contributed by atoms with van der Waals surface area (Å²) in [5.41, 5.74) is 6.60. The van der Waals surface area contributed by atoms with Gasteiger partial charge in [0.2, 0.25) is 5.91 Å². The average molecular weight is 481 g/mol. The van der Waals surface area contributed by atoms with E-state index >= 15 is 0 Å². The summed E-state index contributed by atoms with van der Waals surface area (Å²) in [6.07, 6.45) is 1.49. The topological polar surface area (TPSA) is 51.2 Å². The predicted molar refractivity (Wildman–Crippen MR) is 140 cm³/mol. The number of methoxy groups -OCH3 is 1. The first kappa shape index (κ1) is 22.1. The van der Waals surface area contributed by atoms with E-state index in [2.05, 4.69) is 67.7 Å². The fraction of sp³-hybridized carbons (Fsp3) is 0.267. The van der Waals surface area contributed by atoms with Gasteiger partial charge in [0, 0.05) is 23.1 Å². The third kappa shape index (κ3) is 3.41. The van der Waals surface area contributed by atoms with Crippen molar-refractivity contribution in [3.63, 3.8) is 0 Å². The number of carbonyl (C=O) groups excluding carboxylic acids is 1.